The van der Waals surface area contributed by atoms with Gasteiger partial charge in [0.2, 0.25) is 0 Å². The van der Waals surface area contributed by atoms with Crippen LogP contribution in [0.25, 0.3) is 0 Å². The first-order valence-corrected chi connectivity index (χ1v) is 6.53. The Morgan fingerprint density at radius 3 is 2.35 bits per heavy atom. The van der Waals surface area contributed by atoms with Crippen LogP contribution in [-0.2, 0) is 0 Å². The maximum Gasteiger partial charge on any atom is 0.0790 e. The lowest BCUT2D eigenvalue weighted by Gasteiger charge is -2.09. The Bertz CT molecular complexity index is 345. The molecule has 0 amide bonds. The summed E-state index contributed by atoms with van der Waals surface area (Å²) in [6.45, 7) is 2.18. The third-order valence-electron chi connectivity index (χ3n) is 2.74. The first-order chi connectivity index (χ1) is 8.34. The van der Waals surface area contributed by atoms with Crippen molar-refractivity contribution >= 4 is 0 Å². The summed E-state index contributed by atoms with van der Waals surface area (Å²) >= 11 is 0. The quantitative estimate of drug-likeness (QED) is 0.576. The van der Waals surface area contributed by atoms with Crippen LogP contribution in [0.3, 0.4) is 0 Å². The molecule has 1 N–H and O–H groups in total. The third kappa shape index (κ3) is 6.14. The number of hydrogen-bond acceptors (Lipinski definition) is 1. The second kappa shape index (κ2) is 8.84. The minimum atomic E-state index is -0.339. The van der Waals surface area contributed by atoms with E-state index in [1.165, 1.54) is 12.8 Å². The molecule has 0 radical (unpaired) electrons. The predicted octanol–water partition coefficient (Wildman–Crippen LogP) is 4.08. The lowest BCUT2D eigenvalue weighted by atomic mass is 10.0. The fourth-order valence-corrected chi connectivity index (χ4v) is 1.67. The highest BCUT2D eigenvalue weighted by molar-refractivity contribution is 5.17. The molecule has 1 aromatic carbocycles. The Morgan fingerprint density at radius 1 is 1.06 bits per heavy atom. The zero-order valence-electron chi connectivity index (χ0n) is 10.7. The summed E-state index contributed by atoms with van der Waals surface area (Å²) in [5, 5.41) is 9.91. The Kier molecular flexibility index (Phi) is 7.18. The molecule has 0 fully saturated rings. The van der Waals surface area contributed by atoms with E-state index in [0.717, 1.165) is 31.2 Å². The Hall–Kier alpha value is -1.26. The highest BCUT2D eigenvalue weighted by Gasteiger charge is 2.04. The molecule has 0 aliphatic heterocycles. The Labute approximate surface area is 105 Å². The molecule has 0 aliphatic rings. The predicted molar refractivity (Wildman–Crippen MR) is 72.6 cm³/mol. The van der Waals surface area contributed by atoms with Gasteiger partial charge in [0, 0.05) is 12.8 Å². The molecular formula is C16H22O. The summed E-state index contributed by atoms with van der Waals surface area (Å²) in [4.78, 5) is 0. The lowest BCUT2D eigenvalue weighted by molar-refractivity contribution is 0.165. The van der Waals surface area contributed by atoms with Crippen molar-refractivity contribution in [3.63, 3.8) is 0 Å². The fourth-order valence-electron chi connectivity index (χ4n) is 1.67. The first kappa shape index (κ1) is 13.8. The van der Waals surface area contributed by atoms with Gasteiger partial charge in [0.05, 0.1) is 6.10 Å². The average molecular weight is 230 g/mol. The number of benzene rings is 1. The minimum Gasteiger partial charge on any atom is -0.388 e. The standard InChI is InChI=1S/C16H22O/c1-2-3-4-5-6-7-11-14-16(17)15-12-9-8-10-13-15/h8-10,12-13,16-17H,2-4,7,11,14H2,1H3. The van der Waals surface area contributed by atoms with Crippen molar-refractivity contribution in [1.82, 2.24) is 0 Å². The van der Waals surface area contributed by atoms with Crippen LogP contribution in [0, 0.1) is 11.8 Å². The molecule has 1 heteroatoms. The van der Waals surface area contributed by atoms with Crippen molar-refractivity contribution in [3.05, 3.63) is 35.9 Å². The van der Waals surface area contributed by atoms with Crippen LogP contribution in [-0.4, -0.2) is 5.11 Å². The van der Waals surface area contributed by atoms with E-state index in [0.29, 0.717) is 0 Å². The molecule has 0 aromatic heterocycles. The van der Waals surface area contributed by atoms with E-state index in [-0.39, 0.29) is 6.10 Å². The van der Waals surface area contributed by atoms with Crippen LogP contribution < -0.4 is 0 Å². The van der Waals surface area contributed by atoms with Gasteiger partial charge in [0.15, 0.2) is 0 Å². The highest BCUT2D eigenvalue weighted by Crippen LogP contribution is 2.18. The zero-order valence-corrected chi connectivity index (χ0v) is 10.7. The molecule has 0 saturated heterocycles. The van der Waals surface area contributed by atoms with E-state index in [1.54, 1.807) is 0 Å². The minimum absolute atomic E-state index is 0.339. The zero-order chi connectivity index (χ0) is 12.3. The fraction of sp³-hybridized carbons (Fsp3) is 0.500. The van der Waals surface area contributed by atoms with Crippen LogP contribution in [0.4, 0.5) is 0 Å². The molecule has 92 valence electrons. The van der Waals surface area contributed by atoms with E-state index in [4.69, 9.17) is 0 Å². The van der Waals surface area contributed by atoms with Gasteiger partial charge in [-0.25, -0.2) is 0 Å². The normalized spacial score (nSPS) is 11.6. The molecular weight excluding hydrogens is 208 g/mol. The molecule has 17 heavy (non-hydrogen) atoms. The smallest absolute Gasteiger partial charge is 0.0790 e. The van der Waals surface area contributed by atoms with E-state index in [2.05, 4.69) is 18.8 Å². The molecule has 1 atom stereocenters. The highest BCUT2D eigenvalue weighted by atomic mass is 16.3. The molecule has 1 rings (SSSR count). The number of rotatable bonds is 6. The van der Waals surface area contributed by atoms with Crippen molar-refractivity contribution in [1.29, 1.82) is 0 Å². The number of unbranched alkanes of at least 4 members (excludes halogenated alkanes) is 3. The van der Waals surface area contributed by atoms with Gasteiger partial charge in [-0.3, -0.25) is 0 Å². The van der Waals surface area contributed by atoms with Gasteiger partial charge < -0.3 is 5.11 Å². The topological polar surface area (TPSA) is 20.2 Å². The summed E-state index contributed by atoms with van der Waals surface area (Å²) < 4.78 is 0. The molecule has 0 saturated carbocycles. The second-order valence-electron chi connectivity index (χ2n) is 4.28. The summed E-state index contributed by atoms with van der Waals surface area (Å²) in [7, 11) is 0. The maximum atomic E-state index is 9.91. The van der Waals surface area contributed by atoms with Crippen molar-refractivity contribution < 1.29 is 5.11 Å². The van der Waals surface area contributed by atoms with Crippen molar-refractivity contribution in [3.8, 4) is 11.8 Å². The van der Waals surface area contributed by atoms with Gasteiger partial charge in [-0.05, 0) is 24.8 Å². The van der Waals surface area contributed by atoms with E-state index >= 15 is 0 Å². The van der Waals surface area contributed by atoms with E-state index in [9.17, 15) is 5.11 Å². The molecule has 0 aliphatic carbocycles. The molecule has 0 bridgehead atoms. The number of hydrogen-bond donors (Lipinski definition) is 1. The largest absolute Gasteiger partial charge is 0.388 e. The van der Waals surface area contributed by atoms with Crippen molar-refractivity contribution in [2.45, 2.75) is 51.6 Å². The van der Waals surface area contributed by atoms with Gasteiger partial charge in [0.1, 0.15) is 0 Å². The Morgan fingerprint density at radius 2 is 1.71 bits per heavy atom. The first-order valence-electron chi connectivity index (χ1n) is 6.53. The maximum absolute atomic E-state index is 9.91. The molecule has 1 aromatic rings. The average Bonchev–Trinajstić information content (AvgIpc) is 2.38. The van der Waals surface area contributed by atoms with Crippen molar-refractivity contribution in [2.75, 3.05) is 0 Å². The second-order valence-corrected chi connectivity index (χ2v) is 4.28. The van der Waals surface area contributed by atoms with Gasteiger partial charge in [0.25, 0.3) is 0 Å². The summed E-state index contributed by atoms with van der Waals surface area (Å²) in [6.07, 6.45) is 5.74. The van der Waals surface area contributed by atoms with Gasteiger partial charge >= 0.3 is 0 Å². The van der Waals surface area contributed by atoms with Crippen molar-refractivity contribution in [2.24, 2.45) is 0 Å². The summed E-state index contributed by atoms with van der Waals surface area (Å²) in [5.41, 5.74) is 1.01. The van der Waals surface area contributed by atoms with Crippen LogP contribution in [0.5, 0.6) is 0 Å². The molecule has 0 heterocycles. The van der Waals surface area contributed by atoms with Gasteiger partial charge in [-0.2, -0.15) is 0 Å². The van der Waals surface area contributed by atoms with Crippen LogP contribution in [0.15, 0.2) is 30.3 Å². The number of aliphatic hydroxyl groups is 1. The van der Waals surface area contributed by atoms with E-state index in [1.807, 2.05) is 30.3 Å². The van der Waals surface area contributed by atoms with Crippen LogP contribution in [0.2, 0.25) is 0 Å². The monoisotopic (exact) mass is 230 g/mol. The van der Waals surface area contributed by atoms with Gasteiger partial charge in [-0.15, -0.1) is 11.8 Å². The SMILES string of the molecule is CCCCC#CCCCC(O)c1ccccc1. The molecule has 1 unspecified atom stereocenters. The van der Waals surface area contributed by atoms with Crippen LogP contribution in [0.1, 0.15) is 57.1 Å². The Balaban J connectivity index is 2.16. The number of aliphatic hydroxyl groups excluding tert-OH is 1. The lowest BCUT2D eigenvalue weighted by Crippen LogP contribution is -1.96. The van der Waals surface area contributed by atoms with E-state index < -0.39 is 0 Å². The summed E-state index contributed by atoms with van der Waals surface area (Å²) in [6, 6.07) is 9.83. The third-order valence-corrected chi connectivity index (χ3v) is 2.74. The van der Waals surface area contributed by atoms with Gasteiger partial charge in [-0.1, -0.05) is 43.7 Å². The van der Waals surface area contributed by atoms with Crippen LogP contribution >= 0.6 is 0 Å². The molecule has 1 nitrogen and oxygen atoms in total. The summed E-state index contributed by atoms with van der Waals surface area (Å²) in [5.74, 6) is 6.33. The molecule has 0 spiro atoms.